The number of alkyl carbamates (subject to hydrolysis) is 1. The fraction of sp³-hybridized carbons (Fsp3) is 0.556. The first kappa shape index (κ1) is 18.9. The maximum atomic E-state index is 12.1. The van der Waals surface area contributed by atoms with Crippen molar-refractivity contribution in [3.63, 3.8) is 0 Å². The molecule has 0 bridgehead atoms. The summed E-state index contributed by atoms with van der Waals surface area (Å²) in [6, 6.07) is 3.66. The Morgan fingerprint density at radius 3 is 2.96 bits per heavy atom. The molecule has 2 aromatic rings. The van der Waals surface area contributed by atoms with Crippen molar-refractivity contribution in [2.75, 3.05) is 11.9 Å². The van der Waals surface area contributed by atoms with E-state index in [1.165, 1.54) is 0 Å². The second-order valence-corrected chi connectivity index (χ2v) is 6.86. The molecule has 146 valence electrons. The number of aryl methyl sites for hydroxylation is 1. The van der Waals surface area contributed by atoms with Crippen LogP contribution in [-0.4, -0.2) is 40.0 Å². The number of carbonyl (C=O) groups excluding carboxylic acids is 2. The Bertz CT molecular complexity index is 784. The maximum Gasteiger partial charge on any atom is 0.407 e. The van der Waals surface area contributed by atoms with Crippen molar-refractivity contribution in [3.8, 4) is 0 Å². The van der Waals surface area contributed by atoms with Crippen LogP contribution in [0.25, 0.3) is 0 Å². The Kier molecular flexibility index (Phi) is 6.10. The highest BCUT2D eigenvalue weighted by atomic mass is 16.5. The summed E-state index contributed by atoms with van der Waals surface area (Å²) in [7, 11) is 0. The third kappa shape index (κ3) is 5.32. The van der Waals surface area contributed by atoms with Crippen molar-refractivity contribution in [1.29, 1.82) is 0 Å². The van der Waals surface area contributed by atoms with Crippen molar-refractivity contribution in [3.05, 3.63) is 29.3 Å². The number of rotatable bonds is 7. The third-order valence-corrected chi connectivity index (χ3v) is 4.51. The van der Waals surface area contributed by atoms with E-state index in [1.54, 1.807) is 13.0 Å². The summed E-state index contributed by atoms with van der Waals surface area (Å²) in [5, 5.41) is 16.6. The van der Waals surface area contributed by atoms with Gasteiger partial charge in [0.25, 0.3) is 0 Å². The maximum absolute atomic E-state index is 12.1. The highest BCUT2D eigenvalue weighted by molar-refractivity contribution is 5.91. The van der Waals surface area contributed by atoms with E-state index < -0.39 is 0 Å². The minimum atomic E-state index is -0.359. The lowest BCUT2D eigenvalue weighted by Crippen LogP contribution is -2.33. The van der Waals surface area contributed by atoms with Gasteiger partial charge in [-0.25, -0.2) is 4.79 Å². The first-order chi connectivity index (χ1) is 13.0. The van der Waals surface area contributed by atoms with Crippen LogP contribution in [0.15, 0.2) is 16.7 Å². The number of anilines is 1. The molecular weight excluding hydrogens is 350 g/mol. The lowest BCUT2D eigenvalue weighted by atomic mass is 10.0. The van der Waals surface area contributed by atoms with Gasteiger partial charge < -0.3 is 19.9 Å². The molecule has 2 aromatic heterocycles. The molecule has 9 nitrogen and oxygen atoms in total. The molecule has 1 aliphatic carbocycles. The average molecular weight is 375 g/mol. The number of amides is 2. The number of ether oxygens (including phenoxy) is 1. The van der Waals surface area contributed by atoms with Gasteiger partial charge in [0.2, 0.25) is 5.91 Å². The summed E-state index contributed by atoms with van der Waals surface area (Å²) in [6.07, 6.45) is 3.19. The Morgan fingerprint density at radius 2 is 2.22 bits per heavy atom. The van der Waals surface area contributed by atoms with Gasteiger partial charge in [0.1, 0.15) is 5.76 Å². The van der Waals surface area contributed by atoms with Crippen LogP contribution in [0.5, 0.6) is 0 Å². The number of aromatic amines is 1. The molecular formula is C18H25N5O4. The average Bonchev–Trinajstić information content (AvgIpc) is 3.35. The van der Waals surface area contributed by atoms with Crippen LogP contribution in [0, 0.1) is 6.92 Å². The number of hydrogen-bond donors (Lipinski definition) is 3. The van der Waals surface area contributed by atoms with Gasteiger partial charge in [-0.1, -0.05) is 12.1 Å². The van der Waals surface area contributed by atoms with E-state index in [9.17, 15) is 9.59 Å². The summed E-state index contributed by atoms with van der Waals surface area (Å²) in [4.78, 5) is 23.7. The van der Waals surface area contributed by atoms with Crippen LogP contribution >= 0.6 is 0 Å². The summed E-state index contributed by atoms with van der Waals surface area (Å²) in [5.41, 5.74) is 1.69. The van der Waals surface area contributed by atoms with E-state index >= 15 is 0 Å². The molecule has 1 fully saturated rings. The molecule has 1 saturated carbocycles. The topological polar surface area (TPSA) is 122 Å². The Labute approximate surface area is 157 Å². The zero-order valence-electron chi connectivity index (χ0n) is 15.6. The lowest BCUT2D eigenvalue weighted by molar-refractivity contribution is -0.115. The summed E-state index contributed by atoms with van der Waals surface area (Å²) >= 11 is 0. The van der Waals surface area contributed by atoms with Gasteiger partial charge in [0.05, 0.1) is 18.7 Å². The van der Waals surface area contributed by atoms with Crippen LogP contribution in [0.1, 0.15) is 55.7 Å². The van der Waals surface area contributed by atoms with Gasteiger partial charge in [-0.15, -0.1) is 0 Å². The fourth-order valence-corrected chi connectivity index (χ4v) is 3.25. The second-order valence-electron chi connectivity index (χ2n) is 6.86. The number of H-pyrrole nitrogens is 1. The molecule has 0 aromatic carbocycles. The molecule has 0 radical (unpaired) electrons. The largest absolute Gasteiger partial charge is 0.450 e. The van der Waals surface area contributed by atoms with Gasteiger partial charge in [-0.05, 0) is 32.6 Å². The normalized spacial score (nSPS) is 19.0. The minimum Gasteiger partial charge on any atom is -0.450 e. The summed E-state index contributed by atoms with van der Waals surface area (Å²) < 4.78 is 10.1. The van der Waals surface area contributed by atoms with Crippen molar-refractivity contribution >= 4 is 17.8 Å². The van der Waals surface area contributed by atoms with E-state index in [4.69, 9.17) is 9.26 Å². The smallest absolute Gasteiger partial charge is 0.407 e. The molecule has 9 heteroatoms. The molecule has 0 aliphatic heterocycles. The lowest BCUT2D eigenvalue weighted by Gasteiger charge is -2.12. The van der Waals surface area contributed by atoms with Crippen LogP contribution < -0.4 is 10.6 Å². The molecule has 0 spiro atoms. The molecule has 27 heavy (non-hydrogen) atoms. The molecule has 1 aliphatic rings. The molecule has 3 rings (SSSR count). The molecule has 2 atom stereocenters. The van der Waals surface area contributed by atoms with Crippen LogP contribution in [0.4, 0.5) is 10.6 Å². The predicted octanol–water partition coefficient (Wildman–Crippen LogP) is 2.66. The van der Waals surface area contributed by atoms with Gasteiger partial charge >= 0.3 is 6.09 Å². The standard InChI is InChI=1S/C18H25N5O4/c1-3-6-26-18(25)19-13-5-4-12(8-13)15-10-16(22-21-15)20-17(24)9-14-7-11(2)23-27-14/h7,10,12-13H,3-6,8-9H2,1-2H3,(H,19,25)(H2,20,21,22,24)/t12-,13+/m0/s1. The van der Waals surface area contributed by atoms with Crippen LogP contribution in [0.2, 0.25) is 0 Å². The van der Waals surface area contributed by atoms with E-state index in [-0.39, 0.29) is 30.4 Å². The first-order valence-electron chi connectivity index (χ1n) is 9.24. The number of carbonyl (C=O) groups is 2. The van der Waals surface area contributed by atoms with E-state index in [0.717, 1.165) is 37.1 Å². The number of hydrogen-bond acceptors (Lipinski definition) is 6. The first-order valence-corrected chi connectivity index (χ1v) is 9.24. The van der Waals surface area contributed by atoms with Crippen molar-refractivity contribution in [2.24, 2.45) is 0 Å². The number of nitrogens with one attached hydrogen (secondary N) is 3. The molecule has 0 unspecified atom stereocenters. The van der Waals surface area contributed by atoms with Gasteiger partial charge in [0.15, 0.2) is 5.82 Å². The fourth-order valence-electron chi connectivity index (χ4n) is 3.25. The minimum absolute atomic E-state index is 0.0930. The van der Waals surface area contributed by atoms with Gasteiger partial charge in [-0.3, -0.25) is 9.89 Å². The van der Waals surface area contributed by atoms with E-state index in [2.05, 4.69) is 26.0 Å². The molecule has 2 amide bonds. The van der Waals surface area contributed by atoms with Crippen LogP contribution in [0.3, 0.4) is 0 Å². The van der Waals surface area contributed by atoms with E-state index in [1.807, 2.05) is 13.0 Å². The highest BCUT2D eigenvalue weighted by Gasteiger charge is 2.28. The van der Waals surface area contributed by atoms with Crippen molar-refractivity contribution < 1.29 is 18.8 Å². The zero-order valence-corrected chi connectivity index (χ0v) is 15.6. The molecule has 0 saturated heterocycles. The predicted molar refractivity (Wildman–Crippen MR) is 97.3 cm³/mol. The molecule has 2 heterocycles. The number of aromatic nitrogens is 3. The third-order valence-electron chi connectivity index (χ3n) is 4.51. The van der Waals surface area contributed by atoms with Crippen molar-refractivity contribution in [1.82, 2.24) is 20.7 Å². The second kappa shape index (κ2) is 8.70. The zero-order chi connectivity index (χ0) is 19.2. The Morgan fingerprint density at radius 1 is 1.37 bits per heavy atom. The van der Waals surface area contributed by atoms with Gasteiger partial charge in [0, 0.05) is 29.8 Å². The van der Waals surface area contributed by atoms with E-state index in [0.29, 0.717) is 18.2 Å². The Hall–Kier alpha value is -2.84. The summed E-state index contributed by atoms with van der Waals surface area (Å²) in [5.74, 6) is 1.04. The quantitative estimate of drug-likeness (QED) is 0.684. The van der Waals surface area contributed by atoms with Gasteiger partial charge in [-0.2, -0.15) is 5.10 Å². The molecule has 3 N–H and O–H groups in total. The summed E-state index contributed by atoms with van der Waals surface area (Å²) in [6.45, 7) is 4.19. The van der Waals surface area contributed by atoms with Crippen LogP contribution in [-0.2, 0) is 16.0 Å². The van der Waals surface area contributed by atoms with Crippen molar-refractivity contribution in [2.45, 2.75) is 57.9 Å². The monoisotopic (exact) mass is 375 g/mol. The SMILES string of the molecule is CCCOC(=O)N[C@@H]1CC[C@H](c2cc(NC(=O)Cc3cc(C)no3)n[nH]2)C1. The Balaban J connectivity index is 1.47. The highest BCUT2D eigenvalue weighted by Crippen LogP contribution is 2.34. The number of nitrogens with zero attached hydrogens (tertiary/aromatic N) is 2.